The van der Waals surface area contributed by atoms with Crippen molar-refractivity contribution in [1.29, 1.82) is 0 Å². The number of pyridine rings is 1. The van der Waals surface area contributed by atoms with Crippen LogP contribution in [0.2, 0.25) is 5.02 Å². The van der Waals surface area contributed by atoms with E-state index in [2.05, 4.69) is 4.98 Å². The minimum Gasteiger partial charge on any atom is -0.465 e. The normalized spacial score (nSPS) is 12.8. The Labute approximate surface area is 146 Å². The van der Waals surface area contributed by atoms with Crippen LogP contribution in [0.1, 0.15) is 18.1 Å². The third-order valence-electron chi connectivity index (χ3n) is 3.18. The van der Waals surface area contributed by atoms with Crippen molar-refractivity contribution in [2.75, 3.05) is 7.11 Å². The average Bonchev–Trinajstić information content (AvgIpc) is 2.56. The Bertz CT molecular complexity index is 740. The Morgan fingerprint density at radius 2 is 2.00 bits per heavy atom. The van der Waals surface area contributed by atoms with Crippen molar-refractivity contribution in [1.82, 2.24) is 4.98 Å². The number of alkyl halides is 3. The van der Waals surface area contributed by atoms with Gasteiger partial charge in [0.05, 0.1) is 12.2 Å². The fourth-order valence-electron chi connectivity index (χ4n) is 1.83. The largest absolute Gasteiger partial charge is 0.465 e. The van der Waals surface area contributed by atoms with Crippen LogP contribution in [0.4, 0.5) is 13.2 Å². The van der Waals surface area contributed by atoms with Crippen LogP contribution in [0.5, 0.6) is 17.4 Å². The lowest BCUT2D eigenvalue weighted by Gasteiger charge is -2.16. The summed E-state index contributed by atoms with van der Waals surface area (Å²) in [5.74, 6) is 0.309. The summed E-state index contributed by atoms with van der Waals surface area (Å²) in [6, 6.07) is 5.31. The molecule has 5 nitrogen and oxygen atoms in total. The summed E-state index contributed by atoms with van der Waals surface area (Å²) in [4.78, 5) is 3.60. The first-order valence-corrected chi connectivity index (χ1v) is 7.46. The smallest absolute Gasteiger partial charge is 0.417 e. The highest BCUT2D eigenvalue weighted by Gasteiger charge is 2.31. The Hall–Kier alpha value is -2.03. The number of rotatable bonds is 6. The maximum Gasteiger partial charge on any atom is 0.417 e. The van der Waals surface area contributed by atoms with Crippen molar-refractivity contribution in [2.45, 2.75) is 26.0 Å². The lowest BCUT2D eigenvalue weighted by molar-refractivity contribution is -0.137. The number of ether oxygens (including phenoxy) is 3. The number of hydrogen-bond donors (Lipinski definition) is 1. The predicted octanol–water partition coefficient (Wildman–Crippen LogP) is 4.41. The molecule has 0 bridgehead atoms. The van der Waals surface area contributed by atoms with Gasteiger partial charge in [-0.05, 0) is 25.1 Å². The van der Waals surface area contributed by atoms with Gasteiger partial charge in [0.2, 0.25) is 5.88 Å². The summed E-state index contributed by atoms with van der Waals surface area (Å²) in [6.07, 6.45) is -4.47. The second-order valence-corrected chi connectivity index (χ2v) is 5.37. The van der Waals surface area contributed by atoms with Gasteiger partial charge in [-0.25, -0.2) is 4.98 Å². The third-order valence-corrected chi connectivity index (χ3v) is 3.46. The molecule has 0 spiro atoms. The first kappa shape index (κ1) is 19.3. The molecule has 9 heteroatoms. The summed E-state index contributed by atoms with van der Waals surface area (Å²) in [6.45, 7) is 1.32. The molecule has 0 fully saturated rings. The van der Waals surface area contributed by atoms with Crippen molar-refractivity contribution in [2.24, 2.45) is 0 Å². The maximum absolute atomic E-state index is 12.7. The average molecular weight is 378 g/mol. The van der Waals surface area contributed by atoms with Gasteiger partial charge in [0, 0.05) is 24.9 Å². The molecular weight excluding hydrogens is 363 g/mol. The van der Waals surface area contributed by atoms with Crippen LogP contribution < -0.4 is 9.47 Å². The number of nitrogens with zero attached hydrogens (tertiary/aromatic N) is 1. The quantitative estimate of drug-likeness (QED) is 0.755. The fourth-order valence-corrected chi connectivity index (χ4v) is 2.04. The Morgan fingerprint density at radius 1 is 1.28 bits per heavy atom. The Balaban J connectivity index is 2.31. The van der Waals surface area contributed by atoms with Gasteiger partial charge in [-0.15, -0.1) is 0 Å². The SMILES string of the molecule is COC(C)Oc1ccc(CO)c(Oc2ncc(C(F)(F)F)cc2Cl)c1. The molecule has 2 aromatic rings. The van der Waals surface area contributed by atoms with Gasteiger partial charge in [0.1, 0.15) is 16.5 Å². The topological polar surface area (TPSA) is 60.8 Å². The van der Waals surface area contributed by atoms with Gasteiger partial charge >= 0.3 is 6.18 Å². The second-order valence-electron chi connectivity index (χ2n) is 4.96. The van der Waals surface area contributed by atoms with E-state index in [-0.39, 0.29) is 23.3 Å². The number of hydrogen-bond acceptors (Lipinski definition) is 5. The molecule has 1 unspecified atom stereocenters. The number of halogens is 4. The summed E-state index contributed by atoms with van der Waals surface area (Å²) >= 11 is 5.83. The first-order chi connectivity index (χ1) is 11.7. The zero-order valence-electron chi connectivity index (χ0n) is 13.3. The Kier molecular flexibility index (Phi) is 6.10. The van der Waals surface area contributed by atoms with Crippen molar-refractivity contribution >= 4 is 11.6 Å². The fraction of sp³-hybridized carbons (Fsp3) is 0.312. The van der Waals surface area contributed by atoms with E-state index in [1.54, 1.807) is 19.1 Å². The van der Waals surface area contributed by atoms with E-state index in [1.165, 1.54) is 13.2 Å². The van der Waals surface area contributed by atoms with Gasteiger partial charge in [-0.1, -0.05) is 11.6 Å². The summed E-state index contributed by atoms with van der Waals surface area (Å²) < 4.78 is 53.9. The molecule has 25 heavy (non-hydrogen) atoms. The molecule has 0 saturated heterocycles. The first-order valence-electron chi connectivity index (χ1n) is 7.08. The van der Waals surface area contributed by atoms with Crippen LogP contribution in [-0.4, -0.2) is 23.5 Å². The standard InChI is InChI=1S/C16H15ClF3NO4/c1-9(23-2)24-12-4-3-10(8-22)14(6-12)25-15-13(17)5-11(7-21-15)16(18,19)20/h3-7,9,22H,8H2,1-2H3. The zero-order chi connectivity index (χ0) is 18.6. The van der Waals surface area contributed by atoms with Gasteiger partial charge in [-0.3, -0.25) is 0 Å². The highest BCUT2D eigenvalue weighted by atomic mass is 35.5. The third kappa shape index (κ3) is 4.97. The van der Waals surface area contributed by atoms with Gasteiger partial charge in [-0.2, -0.15) is 13.2 Å². The van der Waals surface area contributed by atoms with Crippen LogP contribution in [0.15, 0.2) is 30.5 Å². The predicted molar refractivity (Wildman–Crippen MR) is 83.8 cm³/mol. The molecular formula is C16H15ClF3NO4. The van der Waals surface area contributed by atoms with E-state index in [4.69, 9.17) is 25.8 Å². The van der Waals surface area contributed by atoms with Crippen molar-refractivity contribution < 1.29 is 32.5 Å². The molecule has 1 heterocycles. The number of aliphatic hydroxyl groups is 1. The van der Waals surface area contributed by atoms with Crippen LogP contribution in [0.3, 0.4) is 0 Å². The van der Waals surface area contributed by atoms with E-state index in [0.29, 0.717) is 17.5 Å². The van der Waals surface area contributed by atoms with Gasteiger partial charge < -0.3 is 19.3 Å². The van der Waals surface area contributed by atoms with Gasteiger partial charge in [0.15, 0.2) is 6.29 Å². The molecule has 0 amide bonds. The van der Waals surface area contributed by atoms with E-state index >= 15 is 0 Å². The van der Waals surface area contributed by atoms with Crippen LogP contribution >= 0.6 is 11.6 Å². The van der Waals surface area contributed by atoms with E-state index < -0.39 is 18.0 Å². The molecule has 1 aromatic heterocycles. The van der Waals surface area contributed by atoms with Crippen LogP contribution in [-0.2, 0) is 17.5 Å². The number of methoxy groups -OCH3 is 1. The molecule has 0 radical (unpaired) electrons. The Morgan fingerprint density at radius 3 is 2.56 bits per heavy atom. The summed E-state index contributed by atoms with van der Waals surface area (Å²) in [5, 5.41) is 9.08. The van der Waals surface area contributed by atoms with Crippen molar-refractivity contribution in [3.8, 4) is 17.4 Å². The highest BCUT2D eigenvalue weighted by Crippen LogP contribution is 2.36. The van der Waals surface area contributed by atoms with E-state index in [1.807, 2.05) is 0 Å². The minimum absolute atomic E-state index is 0.150. The van der Waals surface area contributed by atoms with Crippen molar-refractivity contribution in [3.05, 3.63) is 46.6 Å². The van der Waals surface area contributed by atoms with Crippen LogP contribution in [0.25, 0.3) is 0 Å². The molecule has 136 valence electrons. The lowest BCUT2D eigenvalue weighted by atomic mass is 10.2. The second kappa shape index (κ2) is 7.90. The molecule has 1 atom stereocenters. The summed E-state index contributed by atoms with van der Waals surface area (Å²) in [7, 11) is 1.47. The number of aromatic nitrogens is 1. The molecule has 1 N–H and O–H groups in total. The molecule has 0 aliphatic rings. The molecule has 0 saturated carbocycles. The van der Waals surface area contributed by atoms with Gasteiger partial charge in [0.25, 0.3) is 0 Å². The van der Waals surface area contributed by atoms with Crippen molar-refractivity contribution in [3.63, 3.8) is 0 Å². The monoisotopic (exact) mass is 377 g/mol. The maximum atomic E-state index is 12.7. The molecule has 0 aliphatic carbocycles. The number of aliphatic hydroxyl groups excluding tert-OH is 1. The molecule has 2 rings (SSSR count). The summed E-state index contributed by atoms with van der Waals surface area (Å²) in [5.41, 5.74) is -0.603. The van der Waals surface area contributed by atoms with E-state index in [9.17, 15) is 18.3 Å². The lowest BCUT2D eigenvalue weighted by Crippen LogP contribution is -2.13. The molecule has 1 aromatic carbocycles. The van der Waals surface area contributed by atoms with Crippen LogP contribution in [0, 0.1) is 0 Å². The molecule has 0 aliphatic heterocycles. The minimum atomic E-state index is -4.56. The zero-order valence-corrected chi connectivity index (χ0v) is 14.1. The number of benzene rings is 1. The van der Waals surface area contributed by atoms with E-state index in [0.717, 1.165) is 6.07 Å². The highest BCUT2D eigenvalue weighted by molar-refractivity contribution is 6.31.